The number of para-hydroxylation sites is 1. The lowest BCUT2D eigenvalue weighted by Crippen LogP contribution is -2.14. The van der Waals surface area contributed by atoms with E-state index in [2.05, 4.69) is 4.98 Å². The van der Waals surface area contributed by atoms with Crippen LogP contribution >= 0.6 is 23.2 Å². The van der Waals surface area contributed by atoms with Crippen LogP contribution in [0.2, 0.25) is 10.0 Å². The van der Waals surface area contributed by atoms with E-state index in [1.807, 2.05) is 30.3 Å². The van der Waals surface area contributed by atoms with E-state index in [0.29, 0.717) is 32.7 Å². The number of nitrogens with zero attached hydrogens (tertiary/aromatic N) is 1. The van der Waals surface area contributed by atoms with Crippen molar-refractivity contribution >= 4 is 29.0 Å². The molecule has 3 rings (SSSR count). The Morgan fingerprint density at radius 2 is 1.55 bits per heavy atom. The highest BCUT2D eigenvalue weighted by molar-refractivity contribution is 6.36. The topological polar surface area (TPSA) is 66.9 Å². The third kappa shape index (κ3) is 5.60. The second-order valence-corrected chi connectivity index (χ2v) is 7.18. The summed E-state index contributed by atoms with van der Waals surface area (Å²) in [7, 11) is 2.99. The van der Waals surface area contributed by atoms with Crippen LogP contribution in [-0.2, 0) is 6.42 Å². The average molecular weight is 462 g/mol. The zero-order valence-corrected chi connectivity index (χ0v) is 18.6. The minimum absolute atomic E-state index is 0.0213. The Morgan fingerprint density at radius 1 is 0.871 bits per heavy atom. The van der Waals surface area contributed by atoms with Crippen LogP contribution in [0, 0.1) is 0 Å². The molecular formula is C23H21Cl2NO5. The maximum absolute atomic E-state index is 13.1. The number of pyridine rings is 1. The lowest BCUT2D eigenvalue weighted by molar-refractivity contribution is 0.0986. The highest BCUT2D eigenvalue weighted by Crippen LogP contribution is 2.40. The molecule has 1 aromatic heterocycles. The summed E-state index contributed by atoms with van der Waals surface area (Å²) in [6.45, 7) is 0.468. The van der Waals surface area contributed by atoms with Crippen molar-refractivity contribution in [1.29, 1.82) is 0 Å². The lowest BCUT2D eigenvalue weighted by atomic mass is 10.0. The molecule has 8 heteroatoms. The van der Waals surface area contributed by atoms with Gasteiger partial charge < -0.3 is 18.9 Å². The van der Waals surface area contributed by atoms with Crippen LogP contribution in [0.1, 0.15) is 15.9 Å². The number of hydrogen-bond donors (Lipinski definition) is 0. The molecule has 0 unspecified atom stereocenters. The monoisotopic (exact) mass is 461 g/mol. The first kappa shape index (κ1) is 22.7. The Hall–Kier alpha value is -2.96. The number of carbonyl (C=O) groups is 1. The maximum Gasteiger partial charge on any atom is 0.204 e. The summed E-state index contributed by atoms with van der Waals surface area (Å²) >= 11 is 12.4. The van der Waals surface area contributed by atoms with Crippen molar-refractivity contribution in [3.63, 3.8) is 0 Å². The molecule has 2 aromatic carbocycles. The Morgan fingerprint density at radius 3 is 2.19 bits per heavy atom. The molecule has 0 aliphatic carbocycles. The van der Waals surface area contributed by atoms with E-state index in [0.717, 1.165) is 5.75 Å². The number of carbonyl (C=O) groups excluding carboxylic acids is 1. The van der Waals surface area contributed by atoms with Gasteiger partial charge in [-0.15, -0.1) is 0 Å². The van der Waals surface area contributed by atoms with Crippen molar-refractivity contribution in [2.24, 2.45) is 0 Å². The molecule has 31 heavy (non-hydrogen) atoms. The largest absolute Gasteiger partial charge is 0.493 e. The summed E-state index contributed by atoms with van der Waals surface area (Å²) < 4.78 is 22.4. The smallest absolute Gasteiger partial charge is 0.204 e. The van der Waals surface area contributed by atoms with E-state index < -0.39 is 0 Å². The van der Waals surface area contributed by atoms with Gasteiger partial charge in [0.1, 0.15) is 19.0 Å². The Balaban J connectivity index is 1.82. The Bertz CT molecular complexity index is 1020. The molecule has 0 saturated heterocycles. The maximum atomic E-state index is 13.1. The minimum atomic E-state index is -0.241. The zero-order valence-electron chi connectivity index (χ0n) is 17.1. The van der Waals surface area contributed by atoms with E-state index in [1.54, 1.807) is 12.1 Å². The predicted molar refractivity (Wildman–Crippen MR) is 119 cm³/mol. The number of halogens is 2. The van der Waals surface area contributed by atoms with Crippen LogP contribution in [0.3, 0.4) is 0 Å². The average Bonchev–Trinajstić information content (AvgIpc) is 2.79. The van der Waals surface area contributed by atoms with E-state index in [-0.39, 0.29) is 31.2 Å². The van der Waals surface area contributed by atoms with Crippen molar-refractivity contribution in [2.45, 2.75) is 6.42 Å². The molecule has 0 fully saturated rings. The summed E-state index contributed by atoms with van der Waals surface area (Å²) in [5.74, 6) is 1.51. The van der Waals surface area contributed by atoms with Gasteiger partial charge in [-0.05, 0) is 24.3 Å². The number of hydrogen-bond acceptors (Lipinski definition) is 6. The first-order chi connectivity index (χ1) is 15.0. The van der Waals surface area contributed by atoms with Crippen molar-refractivity contribution in [2.75, 3.05) is 27.4 Å². The second kappa shape index (κ2) is 10.9. The molecule has 0 aliphatic heterocycles. The third-order valence-electron chi connectivity index (χ3n) is 4.43. The molecule has 0 aliphatic rings. The van der Waals surface area contributed by atoms with Crippen LogP contribution in [0.4, 0.5) is 0 Å². The molecule has 6 nitrogen and oxygen atoms in total. The van der Waals surface area contributed by atoms with Crippen LogP contribution < -0.4 is 18.9 Å². The fourth-order valence-corrected chi connectivity index (χ4v) is 3.44. The highest BCUT2D eigenvalue weighted by atomic mass is 35.5. The fraction of sp³-hybridized carbons (Fsp3) is 0.217. The quantitative estimate of drug-likeness (QED) is 0.301. The summed E-state index contributed by atoms with van der Waals surface area (Å²) in [4.78, 5) is 17.0. The summed E-state index contributed by atoms with van der Waals surface area (Å²) in [6.07, 6.45) is 2.87. The number of ketones is 1. The number of rotatable bonds is 10. The zero-order chi connectivity index (χ0) is 22.2. The third-order valence-corrected chi connectivity index (χ3v) is 5.08. The first-order valence-electron chi connectivity index (χ1n) is 9.41. The van der Waals surface area contributed by atoms with Crippen LogP contribution in [-0.4, -0.2) is 38.2 Å². The van der Waals surface area contributed by atoms with Gasteiger partial charge in [0.25, 0.3) is 0 Å². The van der Waals surface area contributed by atoms with Gasteiger partial charge in [-0.1, -0.05) is 41.4 Å². The van der Waals surface area contributed by atoms with E-state index in [1.165, 1.54) is 26.6 Å². The molecular weight excluding hydrogens is 441 g/mol. The minimum Gasteiger partial charge on any atom is -0.493 e. The molecule has 0 amide bonds. The van der Waals surface area contributed by atoms with Gasteiger partial charge >= 0.3 is 0 Å². The van der Waals surface area contributed by atoms with Crippen LogP contribution in [0.15, 0.2) is 54.9 Å². The van der Waals surface area contributed by atoms with Gasteiger partial charge in [-0.25, -0.2) is 0 Å². The van der Waals surface area contributed by atoms with Crippen molar-refractivity contribution in [3.8, 4) is 23.0 Å². The van der Waals surface area contributed by atoms with Gasteiger partial charge in [0.2, 0.25) is 5.75 Å². The number of methoxy groups -OCH3 is 2. The van der Waals surface area contributed by atoms with Crippen LogP contribution in [0.25, 0.3) is 0 Å². The Kier molecular flexibility index (Phi) is 7.98. The van der Waals surface area contributed by atoms with Gasteiger partial charge in [-0.3, -0.25) is 9.78 Å². The standard InChI is InChI=1S/C23H21Cl2NO5/c1-28-21-9-8-16(20(27)12-17-18(24)13-26-14-19(17)25)22(23(21)29-2)31-11-10-30-15-6-4-3-5-7-15/h3-9,13-14H,10-12H2,1-2H3. The summed E-state index contributed by atoms with van der Waals surface area (Å²) in [5, 5.41) is 0.639. The molecule has 0 bridgehead atoms. The van der Waals surface area contributed by atoms with Crippen molar-refractivity contribution < 1.29 is 23.7 Å². The molecule has 3 aromatic rings. The molecule has 1 heterocycles. The van der Waals surface area contributed by atoms with E-state index in [4.69, 9.17) is 42.1 Å². The van der Waals surface area contributed by atoms with Gasteiger partial charge in [0.05, 0.1) is 29.8 Å². The SMILES string of the molecule is COc1ccc(C(=O)Cc2c(Cl)cncc2Cl)c(OCCOc2ccccc2)c1OC. The van der Waals surface area contributed by atoms with Crippen molar-refractivity contribution in [1.82, 2.24) is 4.98 Å². The molecule has 0 spiro atoms. The molecule has 0 N–H and O–H groups in total. The number of Topliss-reactive ketones (excluding diaryl/α,β-unsaturated/α-hetero) is 1. The Labute approximate surface area is 190 Å². The lowest BCUT2D eigenvalue weighted by Gasteiger charge is -2.17. The highest BCUT2D eigenvalue weighted by Gasteiger charge is 2.23. The van der Waals surface area contributed by atoms with Crippen LogP contribution in [0.5, 0.6) is 23.0 Å². The molecule has 0 radical (unpaired) electrons. The summed E-state index contributed by atoms with van der Waals surface area (Å²) in [6, 6.07) is 12.6. The number of aromatic nitrogens is 1. The molecule has 0 atom stereocenters. The molecule has 162 valence electrons. The van der Waals surface area contributed by atoms with Gasteiger partial charge in [-0.2, -0.15) is 0 Å². The summed E-state index contributed by atoms with van der Waals surface area (Å²) in [5.41, 5.74) is 0.817. The first-order valence-corrected chi connectivity index (χ1v) is 10.2. The normalized spacial score (nSPS) is 10.5. The number of benzene rings is 2. The predicted octanol–water partition coefficient (Wildman–Crippen LogP) is 5.29. The fourth-order valence-electron chi connectivity index (χ4n) is 2.94. The van der Waals surface area contributed by atoms with Gasteiger partial charge in [0.15, 0.2) is 17.3 Å². The molecule has 0 saturated carbocycles. The number of ether oxygens (including phenoxy) is 4. The van der Waals surface area contributed by atoms with Gasteiger partial charge in [0, 0.05) is 24.4 Å². The second-order valence-electron chi connectivity index (χ2n) is 6.37. The van der Waals surface area contributed by atoms with Crippen molar-refractivity contribution in [3.05, 3.63) is 76.0 Å². The van der Waals surface area contributed by atoms with E-state index >= 15 is 0 Å². The van der Waals surface area contributed by atoms with E-state index in [9.17, 15) is 4.79 Å².